The summed E-state index contributed by atoms with van der Waals surface area (Å²) >= 11 is 15.6. The number of hydrogen-bond acceptors (Lipinski definition) is 5. The molecule has 0 radical (unpaired) electrons. The average molecular weight is 633 g/mol. The van der Waals surface area contributed by atoms with E-state index >= 15 is 0 Å². The number of halogens is 6. The first kappa shape index (κ1) is 29.3. The molecule has 0 spiro atoms. The van der Waals surface area contributed by atoms with Crippen LogP contribution in [0, 0.1) is 0 Å². The maximum absolute atomic E-state index is 12.8. The Morgan fingerprint density at radius 1 is 1.05 bits per heavy atom. The number of nitrogens with zero attached hydrogens (tertiary/aromatic N) is 1. The van der Waals surface area contributed by atoms with Gasteiger partial charge in [0.25, 0.3) is 0 Å². The molecule has 3 aromatic carbocycles. The first-order valence-corrected chi connectivity index (χ1v) is 12.4. The van der Waals surface area contributed by atoms with E-state index in [1.54, 1.807) is 37.3 Å². The fourth-order valence-corrected chi connectivity index (χ4v) is 4.07. The van der Waals surface area contributed by atoms with Gasteiger partial charge in [-0.1, -0.05) is 35.3 Å². The molecule has 2 amide bonds. The van der Waals surface area contributed by atoms with Gasteiger partial charge in [0.05, 0.1) is 22.9 Å². The van der Waals surface area contributed by atoms with Crippen molar-refractivity contribution in [1.29, 1.82) is 0 Å². The van der Waals surface area contributed by atoms with Gasteiger partial charge in [0.1, 0.15) is 6.61 Å². The van der Waals surface area contributed by atoms with Crippen molar-refractivity contribution in [2.45, 2.75) is 19.7 Å². The van der Waals surface area contributed by atoms with Gasteiger partial charge in [-0.15, -0.1) is 0 Å². The molecule has 3 rings (SSSR count). The Bertz CT molecular complexity index is 1370. The van der Waals surface area contributed by atoms with Gasteiger partial charge in [-0.3, -0.25) is 9.59 Å². The van der Waals surface area contributed by atoms with Crippen LogP contribution in [-0.4, -0.2) is 24.6 Å². The predicted octanol–water partition coefficient (Wildman–Crippen LogP) is 6.84. The third-order valence-electron chi connectivity index (χ3n) is 4.75. The van der Waals surface area contributed by atoms with Crippen LogP contribution in [0.2, 0.25) is 10.0 Å². The first-order chi connectivity index (χ1) is 18.0. The molecular formula is C25H19BrCl2F3N3O4. The normalized spacial score (nSPS) is 11.3. The lowest BCUT2D eigenvalue weighted by Gasteiger charge is -2.15. The Morgan fingerprint density at radius 2 is 1.82 bits per heavy atom. The number of rotatable bonds is 8. The molecule has 0 aromatic heterocycles. The Kier molecular flexibility index (Phi) is 10.0. The van der Waals surface area contributed by atoms with Gasteiger partial charge >= 0.3 is 18.0 Å². The maximum Gasteiger partial charge on any atom is 0.416 e. The molecule has 0 aliphatic rings. The van der Waals surface area contributed by atoms with Crippen LogP contribution in [0.1, 0.15) is 23.6 Å². The van der Waals surface area contributed by atoms with Crippen LogP contribution >= 0.6 is 39.1 Å². The van der Waals surface area contributed by atoms with Crippen molar-refractivity contribution < 1.29 is 32.2 Å². The molecule has 13 heteroatoms. The van der Waals surface area contributed by atoms with Crippen LogP contribution in [0.25, 0.3) is 0 Å². The van der Waals surface area contributed by atoms with Gasteiger partial charge in [-0.25, -0.2) is 5.43 Å². The Hall–Kier alpha value is -3.28. The molecule has 0 heterocycles. The minimum atomic E-state index is -4.59. The number of hydrogen-bond donors (Lipinski definition) is 2. The van der Waals surface area contributed by atoms with E-state index in [0.29, 0.717) is 49.8 Å². The lowest BCUT2D eigenvalue weighted by Crippen LogP contribution is -2.32. The molecule has 0 atom stereocenters. The molecule has 0 aliphatic carbocycles. The number of amides is 2. The summed E-state index contributed by atoms with van der Waals surface area (Å²) < 4.78 is 50.6. The number of alkyl halides is 3. The van der Waals surface area contributed by atoms with Crippen molar-refractivity contribution in [2.75, 3.05) is 11.9 Å². The number of carbonyl (C=O) groups excluding carboxylic acids is 2. The van der Waals surface area contributed by atoms with Gasteiger partial charge < -0.3 is 14.8 Å². The Morgan fingerprint density at radius 3 is 2.50 bits per heavy atom. The Labute approximate surface area is 234 Å². The van der Waals surface area contributed by atoms with E-state index < -0.39 is 23.6 Å². The summed E-state index contributed by atoms with van der Waals surface area (Å²) in [7, 11) is 0. The van der Waals surface area contributed by atoms with Gasteiger partial charge in [0, 0.05) is 21.3 Å². The zero-order chi connectivity index (χ0) is 27.9. The van der Waals surface area contributed by atoms with Crippen molar-refractivity contribution in [3.63, 3.8) is 0 Å². The van der Waals surface area contributed by atoms with Gasteiger partial charge in [-0.05, 0) is 70.9 Å². The molecule has 0 bridgehead atoms. The summed E-state index contributed by atoms with van der Waals surface area (Å²) in [5.41, 5.74) is 2.06. The van der Waals surface area contributed by atoms with E-state index in [4.69, 9.17) is 32.7 Å². The zero-order valence-electron chi connectivity index (χ0n) is 19.5. The van der Waals surface area contributed by atoms with E-state index in [-0.39, 0.29) is 12.3 Å². The van der Waals surface area contributed by atoms with Crippen molar-refractivity contribution in [1.82, 2.24) is 5.43 Å². The third-order valence-corrected chi connectivity index (χ3v) is 5.93. The van der Waals surface area contributed by atoms with Crippen LogP contribution < -0.4 is 20.2 Å². The molecule has 0 saturated heterocycles. The first-order valence-electron chi connectivity index (χ1n) is 10.8. The monoisotopic (exact) mass is 631 g/mol. The molecule has 38 heavy (non-hydrogen) atoms. The molecule has 7 nitrogen and oxygen atoms in total. The van der Waals surface area contributed by atoms with E-state index in [2.05, 4.69) is 26.3 Å². The number of ether oxygens (including phenoxy) is 2. The number of carbonyl (C=O) groups is 2. The van der Waals surface area contributed by atoms with Crippen LogP contribution in [0.4, 0.5) is 18.9 Å². The molecule has 0 unspecified atom stereocenters. The number of benzene rings is 3. The van der Waals surface area contributed by atoms with Crippen LogP contribution in [-0.2, 0) is 22.4 Å². The molecular weight excluding hydrogens is 614 g/mol. The van der Waals surface area contributed by atoms with Crippen molar-refractivity contribution in [3.05, 3.63) is 85.8 Å². The average Bonchev–Trinajstić information content (AvgIpc) is 2.84. The highest BCUT2D eigenvalue weighted by atomic mass is 79.9. The molecule has 2 N–H and O–H groups in total. The van der Waals surface area contributed by atoms with Crippen LogP contribution in [0.5, 0.6) is 11.5 Å². The summed E-state index contributed by atoms with van der Waals surface area (Å²) in [5.74, 6) is -1.59. The van der Waals surface area contributed by atoms with Crippen LogP contribution in [0.3, 0.4) is 0 Å². The third kappa shape index (κ3) is 8.11. The lowest BCUT2D eigenvalue weighted by molar-refractivity contribution is -0.137. The van der Waals surface area contributed by atoms with E-state index in [1.165, 1.54) is 12.3 Å². The highest BCUT2D eigenvalue weighted by Crippen LogP contribution is 2.37. The highest BCUT2D eigenvalue weighted by Gasteiger charge is 2.30. The summed E-state index contributed by atoms with van der Waals surface area (Å²) in [6.07, 6.45) is -3.34. The molecule has 200 valence electrons. The smallest absolute Gasteiger partial charge is 0.416 e. The number of anilines is 1. The standard InChI is InChI=1S/C25H19BrCl2F3N3O4/c1-2-37-21-9-14(8-19(26)22(21)38-13-15-6-7-17(27)11-20(15)28)12-32-34-24(36)23(35)33-18-5-3-4-16(10-18)25(29,30)31/h3-12H,2,13H2,1H3,(H,33,35)(H,34,36)/b32-12+. The van der Waals surface area contributed by atoms with Gasteiger partial charge in [0.2, 0.25) is 0 Å². The summed E-state index contributed by atoms with van der Waals surface area (Å²) in [4.78, 5) is 24.1. The van der Waals surface area contributed by atoms with E-state index in [1.807, 2.05) is 5.43 Å². The quantitative estimate of drug-likeness (QED) is 0.162. The fraction of sp³-hybridized carbons (Fsp3) is 0.160. The second-order valence-electron chi connectivity index (χ2n) is 7.52. The van der Waals surface area contributed by atoms with Crippen molar-refractivity contribution >= 4 is 62.8 Å². The Balaban J connectivity index is 1.66. The van der Waals surface area contributed by atoms with Crippen LogP contribution in [0.15, 0.2) is 64.2 Å². The van der Waals surface area contributed by atoms with Gasteiger partial charge in [-0.2, -0.15) is 18.3 Å². The second-order valence-corrected chi connectivity index (χ2v) is 9.22. The minimum absolute atomic E-state index is 0.138. The van der Waals surface area contributed by atoms with Gasteiger partial charge in [0.15, 0.2) is 11.5 Å². The maximum atomic E-state index is 12.8. The SMILES string of the molecule is CCOc1cc(/C=N/NC(=O)C(=O)Nc2cccc(C(F)(F)F)c2)cc(Br)c1OCc1ccc(Cl)cc1Cl. The summed E-state index contributed by atoms with van der Waals surface area (Å²) in [5, 5.41) is 6.77. The largest absolute Gasteiger partial charge is 0.490 e. The van der Waals surface area contributed by atoms with Crippen molar-refractivity contribution in [3.8, 4) is 11.5 Å². The number of nitrogens with one attached hydrogen (secondary N) is 2. The number of hydrazone groups is 1. The lowest BCUT2D eigenvalue weighted by atomic mass is 10.2. The topological polar surface area (TPSA) is 89.0 Å². The summed E-state index contributed by atoms with van der Waals surface area (Å²) in [6.45, 7) is 2.26. The minimum Gasteiger partial charge on any atom is -0.490 e. The molecule has 0 fully saturated rings. The van der Waals surface area contributed by atoms with Crippen molar-refractivity contribution in [2.24, 2.45) is 5.10 Å². The predicted molar refractivity (Wildman–Crippen MR) is 142 cm³/mol. The molecule has 0 saturated carbocycles. The van der Waals surface area contributed by atoms with E-state index in [9.17, 15) is 22.8 Å². The summed E-state index contributed by atoms with van der Waals surface area (Å²) in [6, 6.07) is 12.2. The molecule has 0 aliphatic heterocycles. The highest BCUT2D eigenvalue weighted by molar-refractivity contribution is 9.10. The van der Waals surface area contributed by atoms with E-state index in [0.717, 1.165) is 12.1 Å². The zero-order valence-corrected chi connectivity index (χ0v) is 22.6. The molecule has 3 aromatic rings. The fourth-order valence-electron chi connectivity index (χ4n) is 3.03. The second kappa shape index (κ2) is 13.0.